The van der Waals surface area contributed by atoms with E-state index in [0.717, 1.165) is 22.3 Å². The van der Waals surface area contributed by atoms with Gasteiger partial charge in [0.2, 0.25) is 0 Å². The Kier molecular flexibility index (Phi) is 4.20. The van der Waals surface area contributed by atoms with Crippen LogP contribution in [0.3, 0.4) is 0 Å². The molecule has 0 amide bonds. The molecule has 0 spiro atoms. The Morgan fingerprint density at radius 3 is 1.88 bits per heavy atom. The summed E-state index contributed by atoms with van der Waals surface area (Å²) < 4.78 is 4.90. The maximum absolute atomic E-state index is 12.2. The van der Waals surface area contributed by atoms with Crippen molar-refractivity contribution in [3.05, 3.63) is 72.3 Å². The van der Waals surface area contributed by atoms with E-state index in [1.54, 1.807) is 60.7 Å². The molecule has 4 nitrogen and oxygen atoms in total. The molecule has 0 saturated heterocycles. The zero-order chi connectivity index (χ0) is 17.1. The first kappa shape index (κ1) is 15.6. The first-order valence-corrected chi connectivity index (χ1v) is 7.40. The lowest BCUT2D eigenvalue weighted by atomic mass is 9.90. The van der Waals surface area contributed by atoms with Crippen molar-refractivity contribution in [2.75, 3.05) is 7.11 Å². The van der Waals surface area contributed by atoms with E-state index in [2.05, 4.69) is 0 Å². The second-order valence-corrected chi connectivity index (χ2v) is 5.31. The van der Waals surface area contributed by atoms with Crippen molar-refractivity contribution < 1.29 is 19.7 Å². The minimum Gasteiger partial charge on any atom is -0.508 e. The van der Waals surface area contributed by atoms with Crippen molar-refractivity contribution in [3.8, 4) is 33.8 Å². The van der Waals surface area contributed by atoms with Gasteiger partial charge in [0.1, 0.15) is 11.5 Å². The lowest BCUT2D eigenvalue weighted by Gasteiger charge is -2.14. The van der Waals surface area contributed by atoms with E-state index in [0.29, 0.717) is 5.56 Å². The topological polar surface area (TPSA) is 66.8 Å². The van der Waals surface area contributed by atoms with Crippen molar-refractivity contribution in [2.24, 2.45) is 0 Å². The molecule has 0 fully saturated rings. The molecule has 0 bridgehead atoms. The highest BCUT2D eigenvalue weighted by molar-refractivity contribution is 6.02. The lowest BCUT2D eigenvalue weighted by molar-refractivity contribution is 0.0601. The number of benzene rings is 3. The summed E-state index contributed by atoms with van der Waals surface area (Å²) >= 11 is 0. The molecule has 0 aliphatic carbocycles. The molecule has 0 radical (unpaired) electrons. The Morgan fingerprint density at radius 1 is 0.792 bits per heavy atom. The van der Waals surface area contributed by atoms with E-state index in [1.165, 1.54) is 7.11 Å². The van der Waals surface area contributed by atoms with Crippen LogP contribution in [-0.4, -0.2) is 23.3 Å². The fourth-order valence-corrected chi connectivity index (χ4v) is 2.65. The van der Waals surface area contributed by atoms with Crippen LogP contribution in [-0.2, 0) is 4.74 Å². The third-order valence-corrected chi connectivity index (χ3v) is 3.80. The molecule has 4 heteroatoms. The average Bonchev–Trinajstić information content (AvgIpc) is 2.62. The SMILES string of the molecule is COC(=O)c1cccc(-c2ccc(O)cc2)c1-c1ccc(O)cc1. The largest absolute Gasteiger partial charge is 0.508 e. The second kappa shape index (κ2) is 6.46. The van der Waals surface area contributed by atoms with E-state index in [1.807, 2.05) is 6.07 Å². The smallest absolute Gasteiger partial charge is 0.338 e. The number of carbonyl (C=O) groups excluding carboxylic acids is 1. The number of phenolic OH excluding ortho intramolecular Hbond substituents is 2. The van der Waals surface area contributed by atoms with Crippen LogP contribution in [0.4, 0.5) is 0 Å². The van der Waals surface area contributed by atoms with Crippen molar-refractivity contribution >= 4 is 5.97 Å². The molecule has 0 heterocycles. The first-order valence-electron chi connectivity index (χ1n) is 7.40. The number of hydrogen-bond donors (Lipinski definition) is 2. The zero-order valence-corrected chi connectivity index (χ0v) is 13.1. The molecular formula is C20H16O4. The predicted molar refractivity (Wildman–Crippen MR) is 92.0 cm³/mol. The number of aromatic hydroxyl groups is 2. The lowest BCUT2D eigenvalue weighted by Crippen LogP contribution is -2.04. The average molecular weight is 320 g/mol. The van der Waals surface area contributed by atoms with Crippen LogP contribution >= 0.6 is 0 Å². The minimum absolute atomic E-state index is 0.153. The van der Waals surface area contributed by atoms with Crippen molar-refractivity contribution in [1.29, 1.82) is 0 Å². The summed E-state index contributed by atoms with van der Waals surface area (Å²) in [5.74, 6) is -0.103. The van der Waals surface area contributed by atoms with Gasteiger partial charge < -0.3 is 14.9 Å². The van der Waals surface area contributed by atoms with Gasteiger partial charge in [0.05, 0.1) is 12.7 Å². The van der Waals surface area contributed by atoms with E-state index in [9.17, 15) is 15.0 Å². The Hall–Kier alpha value is -3.27. The predicted octanol–water partition coefficient (Wildman–Crippen LogP) is 4.22. The fraction of sp³-hybridized carbons (Fsp3) is 0.0500. The molecule has 0 aromatic heterocycles. The molecule has 3 aromatic carbocycles. The summed E-state index contributed by atoms with van der Waals surface area (Å²) in [6, 6.07) is 18.8. The Balaban J connectivity index is 2.27. The minimum atomic E-state index is -0.432. The van der Waals surface area contributed by atoms with Gasteiger partial charge in [-0.25, -0.2) is 4.79 Å². The van der Waals surface area contributed by atoms with E-state index >= 15 is 0 Å². The molecule has 0 unspecified atom stereocenters. The summed E-state index contributed by atoms with van der Waals surface area (Å²) in [6.45, 7) is 0. The van der Waals surface area contributed by atoms with Crippen LogP contribution in [0.2, 0.25) is 0 Å². The van der Waals surface area contributed by atoms with Gasteiger partial charge in [0, 0.05) is 5.56 Å². The van der Waals surface area contributed by atoms with Crippen LogP contribution in [0.1, 0.15) is 10.4 Å². The molecular weight excluding hydrogens is 304 g/mol. The third-order valence-electron chi connectivity index (χ3n) is 3.80. The van der Waals surface area contributed by atoms with Crippen LogP contribution in [0.25, 0.3) is 22.3 Å². The molecule has 0 atom stereocenters. The van der Waals surface area contributed by atoms with Gasteiger partial charge in [0.25, 0.3) is 0 Å². The number of phenols is 2. The highest BCUT2D eigenvalue weighted by Gasteiger charge is 2.18. The van der Waals surface area contributed by atoms with Gasteiger partial charge in [-0.05, 0) is 47.0 Å². The molecule has 3 rings (SSSR count). The summed E-state index contributed by atoms with van der Waals surface area (Å²) in [7, 11) is 1.34. The van der Waals surface area contributed by atoms with Crippen LogP contribution in [0.5, 0.6) is 11.5 Å². The van der Waals surface area contributed by atoms with Gasteiger partial charge in [-0.1, -0.05) is 36.4 Å². The van der Waals surface area contributed by atoms with Gasteiger partial charge in [-0.15, -0.1) is 0 Å². The number of esters is 1. The zero-order valence-electron chi connectivity index (χ0n) is 13.1. The Bertz CT molecular complexity index is 865. The van der Waals surface area contributed by atoms with E-state index in [-0.39, 0.29) is 11.5 Å². The van der Waals surface area contributed by atoms with E-state index in [4.69, 9.17) is 4.74 Å². The van der Waals surface area contributed by atoms with Crippen molar-refractivity contribution in [2.45, 2.75) is 0 Å². The quantitative estimate of drug-likeness (QED) is 0.709. The number of carbonyl (C=O) groups is 1. The van der Waals surface area contributed by atoms with E-state index < -0.39 is 5.97 Å². The number of rotatable bonds is 3. The summed E-state index contributed by atoms with van der Waals surface area (Å²) in [6.07, 6.45) is 0. The molecule has 3 aromatic rings. The molecule has 2 N–H and O–H groups in total. The number of methoxy groups -OCH3 is 1. The van der Waals surface area contributed by atoms with Gasteiger partial charge >= 0.3 is 5.97 Å². The normalized spacial score (nSPS) is 10.4. The highest BCUT2D eigenvalue weighted by atomic mass is 16.5. The molecule has 0 aliphatic rings. The summed E-state index contributed by atoms with van der Waals surface area (Å²) in [4.78, 5) is 12.2. The van der Waals surface area contributed by atoms with Gasteiger partial charge in [-0.2, -0.15) is 0 Å². The number of hydrogen-bond acceptors (Lipinski definition) is 4. The third kappa shape index (κ3) is 2.94. The van der Waals surface area contributed by atoms with Gasteiger partial charge in [0.15, 0.2) is 0 Å². The molecule has 0 saturated carbocycles. The Morgan fingerprint density at radius 2 is 1.33 bits per heavy atom. The van der Waals surface area contributed by atoms with Crippen LogP contribution in [0.15, 0.2) is 66.7 Å². The van der Waals surface area contributed by atoms with Gasteiger partial charge in [-0.3, -0.25) is 0 Å². The summed E-state index contributed by atoms with van der Waals surface area (Å²) in [5.41, 5.74) is 3.64. The standard InChI is InChI=1S/C20H16O4/c1-24-20(23)18-4-2-3-17(13-5-9-15(21)10-6-13)19(18)14-7-11-16(22)12-8-14/h2-12,21-22H,1H3. The maximum Gasteiger partial charge on any atom is 0.338 e. The fourth-order valence-electron chi connectivity index (χ4n) is 2.65. The first-order chi connectivity index (χ1) is 11.6. The summed E-state index contributed by atoms with van der Waals surface area (Å²) in [5, 5.41) is 19.0. The molecule has 24 heavy (non-hydrogen) atoms. The van der Waals surface area contributed by atoms with Crippen LogP contribution in [0, 0.1) is 0 Å². The molecule has 0 aliphatic heterocycles. The van der Waals surface area contributed by atoms with Crippen LogP contribution < -0.4 is 0 Å². The highest BCUT2D eigenvalue weighted by Crippen LogP contribution is 2.36. The maximum atomic E-state index is 12.2. The number of ether oxygens (including phenoxy) is 1. The second-order valence-electron chi connectivity index (χ2n) is 5.31. The van der Waals surface area contributed by atoms with Crippen molar-refractivity contribution in [1.82, 2.24) is 0 Å². The monoisotopic (exact) mass is 320 g/mol. The van der Waals surface area contributed by atoms with Crippen molar-refractivity contribution in [3.63, 3.8) is 0 Å². The molecule has 120 valence electrons. The Labute approximate surface area is 139 Å².